The summed E-state index contributed by atoms with van der Waals surface area (Å²) in [6.45, 7) is 8.84. The monoisotopic (exact) mass is 597 g/mol. The summed E-state index contributed by atoms with van der Waals surface area (Å²) in [6, 6.07) is 21.3. The molecule has 3 aromatic carbocycles. The van der Waals surface area contributed by atoms with Crippen molar-refractivity contribution in [3.8, 4) is 11.1 Å². The first-order chi connectivity index (χ1) is 21.1. The normalized spacial score (nSPS) is 11.5. The minimum absolute atomic E-state index is 0.150. The molecule has 2 N–H and O–H groups in total. The highest BCUT2D eigenvalue weighted by Crippen LogP contribution is 2.27. The van der Waals surface area contributed by atoms with Crippen LogP contribution in [0.2, 0.25) is 0 Å². The second kappa shape index (κ2) is 14.8. The van der Waals surface area contributed by atoms with Crippen LogP contribution in [0.25, 0.3) is 22.2 Å². The molecule has 8 nitrogen and oxygen atoms in total. The molecule has 0 fully saturated rings. The van der Waals surface area contributed by atoms with Crippen LogP contribution in [0, 0.1) is 0 Å². The summed E-state index contributed by atoms with van der Waals surface area (Å²) in [6.07, 6.45) is 5.15. The fourth-order valence-corrected chi connectivity index (χ4v) is 5.12. The van der Waals surface area contributed by atoms with E-state index in [-0.39, 0.29) is 18.3 Å². The number of aliphatic carboxylic acids is 1. The van der Waals surface area contributed by atoms with Crippen molar-refractivity contribution in [1.29, 1.82) is 0 Å². The first-order valence-corrected chi connectivity index (χ1v) is 15.5. The van der Waals surface area contributed by atoms with Crippen molar-refractivity contribution in [2.45, 2.75) is 84.8 Å². The van der Waals surface area contributed by atoms with Gasteiger partial charge in [-0.3, -0.25) is 9.59 Å². The Labute approximate surface area is 259 Å². The number of unbranched alkanes of at least 4 members (excludes halogenated alkanes) is 3. The van der Waals surface area contributed by atoms with E-state index in [1.807, 2.05) is 63.2 Å². The molecule has 1 amide bonds. The molecule has 0 saturated carbocycles. The molecule has 0 aliphatic heterocycles. The molecule has 4 rings (SSSR count). The number of aromatic nitrogens is 2. The van der Waals surface area contributed by atoms with Crippen LogP contribution in [0.5, 0.6) is 0 Å². The quantitative estimate of drug-likeness (QED) is 0.116. The third kappa shape index (κ3) is 8.78. The lowest BCUT2D eigenvalue weighted by atomic mass is 9.98. The lowest BCUT2D eigenvalue weighted by Gasteiger charge is -2.20. The summed E-state index contributed by atoms with van der Waals surface area (Å²) < 4.78 is 7.83. The van der Waals surface area contributed by atoms with E-state index < -0.39 is 11.6 Å². The number of carbonyl (C=O) groups excluding carboxylic acids is 2. The van der Waals surface area contributed by atoms with E-state index in [4.69, 9.17) is 14.8 Å². The second-order valence-electron chi connectivity index (χ2n) is 12.1. The maximum absolute atomic E-state index is 12.9. The van der Waals surface area contributed by atoms with E-state index in [0.717, 1.165) is 65.7 Å². The maximum atomic E-state index is 12.9. The predicted molar refractivity (Wildman–Crippen MR) is 173 cm³/mol. The number of carbonyl (C=O) groups is 3. The molecule has 0 radical (unpaired) electrons. The van der Waals surface area contributed by atoms with Crippen LogP contribution in [0.3, 0.4) is 0 Å². The topological polar surface area (TPSA) is 111 Å². The van der Waals surface area contributed by atoms with Gasteiger partial charge in [0.1, 0.15) is 11.4 Å². The smallest absolute Gasteiger partial charge is 0.339 e. The number of carboxylic acid groups (broad SMARTS) is 1. The zero-order valence-corrected chi connectivity index (χ0v) is 26.2. The molecule has 0 atom stereocenters. The van der Waals surface area contributed by atoms with Gasteiger partial charge in [0, 0.05) is 31.5 Å². The number of nitrogens with zero attached hydrogens (tertiary/aromatic N) is 2. The fraction of sp³-hybridized carbons (Fsp3) is 0.389. The molecule has 44 heavy (non-hydrogen) atoms. The standard InChI is InChI=1S/C36H43N3O5/c1-5-6-14-32-38-30-21-20-27(34(42)37-22-11-7-8-15-33(40)41)23-31(30)39(32)24-25-16-18-26(19-17-25)28-12-9-10-13-29(28)35(43)44-36(2,3)4/h9-10,12-13,16-21,23H,5-8,11,14-15,22,24H2,1-4H3,(H,37,42)(H,40,41). The average Bonchev–Trinajstić information content (AvgIpc) is 3.33. The predicted octanol–water partition coefficient (Wildman–Crippen LogP) is 7.42. The van der Waals surface area contributed by atoms with Crippen molar-refractivity contribution in [2.24, 2.45) is 0 Å². The van der Waals surface area contributed by atoms with E-state index >= 15 is 0 Å². The number of hydrogen-bond acceptors (Lipinski definition) is 5. The van der Waals surface area contributed by atoms with Crippen LogP contribution in [0.1, 0.15) is 98.3 Å². The summed E-state index contributed by atoms with van der Waals surface area (Å²) in [5.74, 6) is -0.310. The summed E-state index contributed by atoms with van der Waals surface area (Å²) in [5, 5.41) is 11.7. The van der Waals surface area contributed by atoms with Gasteiger partial charge in [0.25, 0.3) is 5.91 Å². The van der Waals surface area contributed by atoms with Gasteiger partial charge in [-0.2, -0.15) is 0 Å². The lowest BCUT2D eigenvalue weighted by molar-refractivity contribution is -0.137. The largest absolute Gasteiger partial charge is 0.481 e. The third-order valence-corrected chi connectivity index (χ3v) is 7.35. The van der Waals surface area contributed by atoms with Gasteiger partial charge in [-0.25, -0.2) is 9.78 Å². The van der Waals surface area contributed by atoms with Crippen molar-refractivity contribution >= 4 is 28.9 Å². The molecule has 0 saturated heterocycles. The first kappa shape index (κ1) is 32.5. The Kier molecular flexibility index (Phi) is 10.9. The van der Waals surface area contributed by atoms with Gasteiger partial charge in [-0.15, -0.1) is 0 Å². The highest BCUT2D eigenvalue weighted by atomic mass is 16.6. The Morgan fingerprint density at radius 3 is 2.39 bits per heavy atom. The van der Waals surface area contributed by atoms with Crippen LogP contribution in [0.4, 0.5) is 0 Å². The number of ether oxygens (including phenoxy) is 1. The molecule has 0 spiro atoms. The Bertz CT molecular complexity index is 1600. The number of esters is 1. The van der Waals surface area contributed by atoms with E-state index in [9.17, 15) is 14.4 Å². The van der Waals surface area contributed by atoms with Gasteiger partial charge < -0.3 is 19.7 Å². The Balaban J connectivity index is 1.54. The van der Waals surface area contributed by atoms with Crippen molar-refractivity contribution in [3.05, 3.63) is 89.2 Å². The number of aryl methyl sites for hydroxylation is 1. The minimum atomic E-state index is -0.795. The molecular formula is C36H43N3O5. The Morgan fingerprint density at radius 2 is 1.68 bits per heavy atom. The third-order valence-electron chi connectivity index (χ3n) is 7.35. The number of nitrogens with one attached hydrogen (secondary N) is 1. The van der Waals surface area contributed by atoms with Gasteiger partial charge in [0.05, 0.1) is 16.6 Å². The van der Waals surface area contributed by atoms with Gasteiger partial charge in [0.15, 0.2) is 0 Å². The lowest BCUT2D eigenvalue weighted by Crippen LogP contribution is -2.24. The number of hydrogen-bond donors (Lipinski definition) is 2. The SMILES string of the molecule is CCCCc1nc2ccc(C(=O)NCCCCCC(=O)O)cc2n1Cc1ccc(-c2ccccc2C(=O)OC(C)(C)C)cc1. The van der Waals surface area contributed by atoms with Gasteiger partial charge in [0.2, 0.25) is 0 Å². The Morgan fingerprint density at radius 1 is 0.932 bits per heavy atom. The fourth-order valence-electron chi connectivity index (χ4n) is 5.12. The van der Waals surface area contributed by atoms with Crippen molar-refractivity contribution in [2.75, 3.05) is 6.54 Å². The molecule has 0 aliphatic carbocycles. The van der Waals surface area contributed by atoms with Gasteiger partial charge in [-0.05, 0) is 81.0 Å². The van der Waals surface area contributed by atoms with Crippen molar-refractivity contribution in [3.63, 3.8) is 0 Å². The second-order valence-corrected chi connectivity index (χ2v) is 12.1. The maximum Gasteiger partial charge on any atom is 0.339 e. The number of imidazole rings is 1. The number of fused-ring (bicyclic) bond motifs is 1. The van der Waals surface area contributed by atoms with Crippen LogP contribution in [-0.2, 0) is 22.5 Å². The highest BCUT2D eigenvalue weighted by molar-refractivity contribution is 5.98. The molecule has 8 heteroatoms. The Hall–Kier alpha value is -4.46. The van der Waals surface area contributed by atoms with E-state index in [0.29, 0.717) is 30.6 Å². The van der Waals surface area contributed by atoms with Gasteiger partial charge >= 0.3 is 11.9 Å². The molecule has 1 heterocycles. The molecule has 0 unspecified atom stereocenters. The highest BCUT2D eigenvalue weighted by Gasteiger charge is 2.21. The number of carboxylic acids is 1. The van der Waals surface area contributed by atoms with Crippen LogP contribution in [0.15, 0.2) is 66.7 Å². The van der Waals surface area contributed by atoms with Crippen molar-refractivity contribution in [1.82, 2.24) is 14.9 Å². The molecule has 0 bridgehead atoms. The average molecular weight is 598 g/mol. The summed E-state index contributed by atoms with van der Waals surface area (Å²) in [7, 11) is 0. The number of benzene rings is 3. The molecule has 0 aliphatic rings. The molecule has 232 valence electrons. The zero-order valence-electron chi connectivity index (χ0n) is 26.2. The minimum Gasteiger partial charge on any atom is -0.481 e. The van der Waals surface area contributed by atoms with Gasteiger partial charge in [-0.1, -0.05) is 62.2 Å². The number of rotatable bonds is 14. The summed E-state index contributed by atoms with van der Waals surface area (Å²) in [5.41, 5.74) is 5.11. The number of amides is 1. The van der Waals surface area contributed by atoms with Crippen LogP contribution in [-0.4, -0.2) is 44.6 Å². The van der Waals surface area contributed by atoms with E-state index in [2.05, 4.69) is 28.9 Å². The summed E-state index contributed by atoms with van der Waals surface area (Å²) >= 11 is 0. The van der Waals surface area contributed by atoms with Crippen molar-refractivity contribution < 1.29 is 24.2 Å². The van der Waals surface area contributed by atoms with E-state index in [1.54, 1.807) is 12.1 Å². The molecule has 1 aromatic heterocycles. The first-order valence-electron chi connectivity index (χ1n) is 15.5. The molecular weight excluding hydrogens is 554 g/mol. The zero-order chi connectivity index (χ0) is 31.7. The van der Waals surface area contributed by atoms with E-state index in [1.165, 1.54) is 0 Å². The van der Waals surface area contributed by atoms with Crippen LogP contribution >= 0.6 is 0 Å². The molecule has 4 aromatic rings. The van der Waals surface area contributed by atoms with Crippen LogP contribution < -0.4 is 5.32 Å². The summed E-state index contributed by atoms with van der Waals surface area (Å²) in [4.78, 5) is 41.4.